The summed E-state index contributed by atoms with van der Waals surface area (Å²) in [6, 6.07) is 12.8. The summed E-state index contributed by atoms with van der Waals surface area (Å²) in [6.45, 7) is 10.9. The van der Waals surface area contributed by atoms with Crippen molar-refractivity contribution in [3.63, 3.8) is 0 Å². The van der Waals surface area contributed by atoms with E-state index in [0.717, 1.165) is 52.8 Å². The second-order valence-electron chi connectivity index (χ2n) is 9.46. The van der Waals surface area contributed by atoms with Gasteiger partial charge in [0.05, 0.1) is 5.56 Å². The zero-order chi connectivity index (χ0) is 21.2. The van der Waals surface area contributed by atoms with Crippen LogP contribution >= 0.6 is 0 Å². The molecular weight excluding hydrogens is 370 g/mol. The number of fused-ring (bicyclic) bond motifs is 4. The summed E-state index contributed by atoms with van der Waals surface area (Å²) in [5.74, 6) is 0.109. The molecule has 3 aromatic rings. The van der Waals surface area contributed by atoms with Crippen LogP contribution in [0, 0.1) is 0 Å². The molecule has 0 atom stereocenters. The summed E-state index contributed by atoms with van der Waals surface area (Å²) in [5, 5.41) is 0.956. The molecule has 1 aliphatic heterocycles. The van der Waals surface area contributed by atoms with Crippen LogP contribution in [0.1, 0.15) is 66.9 Å². The molecule has 2 heterocycles. The van der Waals surface area contributed by atoms with Crippen LogP contribution in [-0.2, 0) is 5.41 Å². The van der Waals surface area contributed by atoms with Crippen molar-refractivity contribution in [1.82, 2.24) is 9.88 Å². The number of H-pyrrole nitrogens is 1. The Balaban J connectivity index is 1.62. The number of hydrogen-bond acceptors (Lipinski definition) is 3. The van der Waals surface area contributed by atoms with Gasteiger partial charge in [-0.15, -0.1) is 0 Å². The highest BCUT2D eigenvalue weighted by atomic mass is 16.1. The van der Waals surface area contributed by atoms with Crippen LogP contribution in [0.15, 0.2) is 42.5 Å². The Kier molecular flexibility index (Phi) is 4.19. The summed E-state index contributed by atoms with van der Waals surface area (Å²) in [7, 11) is 0. The Morgan fingerprint density at radius 1 is 1.13 bits per heavy atom. The van der Waals surface area contributed by atoms with E-state index >= 15 is 0 Å². The summed E-state index contributed by atoms with van der Waals surface area (Å²) in [4.78, 5) is 19.6. The van der Waals surface area contributed by atoms with E-state index in [2.05, 4.69) is 61.9 Å². The lowest BCUT2D eigenvalue weighted by molar-refractivity contribution is 0.103. The van der Waals surface area contributed by atoms with E-state index in [1.807, 2.05) is 18.2 Å². The molecule has 0 saturated heterocycles. The van der Waals surface area contributed by atoms with Gasteiger partial charge in [-0.1, -0.05) is 38.1 Å². The van der Waals surface area contributed by atoms with E-state index in [4.69, 9.17) is 5.73 Å². The lowest BCUT2D eigenvalue weighted by Crippen LogP contribution is -2.34. The second kappa shape index (κ2) is 6.58. The second-order valence-corrected chi connectivity index (χ2v) is 9.46. The van der Waals surface area contributed by atoms with Crippen molar-refractivity contribution in [2.45, 2.75) is 45.6 Å². The Hall–Kier alpha value is -2.85. The normalized spacial score (nSPS) is 18.4. The van der Waals surface area contributed by atoms with Crippen molar-refractivity contribution in [3.05, 3.63) is 70.4 Å². The molecule has 0 bridgehead atoms. The molecule has 1 aromatic heterocycles. The standard InChI is InChI=1S/C26H29N3O/c1-15(2)29-11-9-16(10-12-29)17-5-8-21-20(13-17)24(30)23-19-7-6-18(27)14-22(19)28-25(23)26(21,3)4/h5-9,13-15,28H,10-12,27H2,1-4H3. The first-order chi connectivity index (χ1) is 14.3. The molecule has 2 aliphatic rings. The minimum atomic E-state index is -0.278. The molecule has 0 saturated carbocycles. The first-order valence-corrected chi connectivity index (χ1v) is 10.8. The number of nitrogen functional groups attached to an aromatic ring is 1. The summed E-state index contributed by atoms with van der Waals surface area (Å²) >= 11 is 0. The van der Waals surface area contributed by atoms with Crippen LogP contribution in [0.4, 0.5) is 5.69 Å². The van der Waals surface area contributed by atoms with Gasteiger partial charge >= 0.3 is 0 Å². The summed E-state index contributed by atoms with van der Waals surface area (Å²) in [5.41, 5.74) is 13.5. The lowest BCUT2D eigenvalue weighted by atomic mass is 9.70. The average Bonchev–Trinajstić information content (AvgIpc) is 3.12. The van der Waals surface area contributed by atoms with Crippen LogP contribution in [0.25, 0.3) is 16.5 Å². The number of aromatic amines is 1. The van der Waals surface area contributed by atoms with Crippen LogP contribution in [0.3, 0.4) is 0 Å². The number of carbonyl (C=O) groups is 1. The summed E-state index contributed by atoms with van der Waals surface area (Å²) < 4.78 is 0. The van der Waals surface area contributed by atoms with Gasteiger partial charge in [-0.05, 0) is 55.2 Å². The van der Waals surface area contributed by atoms with E-state index in [1.165, 1.54) is 11.1 Å². The molecule has 3 N–H and O–H groups in total. The minimum Gasteiger partial charge on any atom is -0.399 e. The highest BCUT2D eigenvalue weighted by Gasteiger charge is 2.39. The van der Waals surface area contributed by atoms with Gasteiger partial charge in [0.15, 0.2) is 5.78 Å². The maximum Gasteiger partial charge on any atom is 0.195 e. The number of benzene rings is 2. The number of ketones is 1. The fraction of sp³-hybridized carbons (Fsp3) is 0.346. The number of rotatable bonds is 2. The van der Waals surface area contributed by atoms with E-state index in [9.17, 15) is 4.79 Å². The van der Waals surface area contributed by atoms with Crippen LogP contribution in [-0.4, -0.2) is 34.8 Å². The molecule has 154 valence electrons. The molecule has 4 heteroatoms. The third-order valence-corrected chi connectivity index (χ3v) is 6.95. The van der Waals surface area contributed by atoms with Crippen molar-refractivity contribution in [2.24, 2.45) is 0 Å². The fourth-order valence-electron chi connectivity index (χ4n) is 5.08. The van der Waals surface area contributed by atoms with Gasteiger partial charge in [0.2, 0.25) is 0 Å². The monoisotopic (exact) mass is 399 g/mol. The van der Waals surface area contributed by atoms with E-state index in [-0.39, 0.29) is 11.2 Å². The maximum absolute atomic E-state index is 13.7. The first-order valence-electron chi connectivity index (χ1n) is 10.8. The Morgan fingerprint density at radius 2 is 1.93 bits per heavy atom. The van der Waals surface area contributed by atoms with Crippen molar-refractivity contribution in [3.8, 4) is 0 Å². The van der Waals surface area contributed by atoms with Crippen LogP contribution in [0.2, 0.25) is 0 Å². The van der Waals surface area contributed by atoms with Gasteiger partial charge in [-0.2, -0.15) is 0 Å². The zero-order valence-electron chi connectivity index (χ0n) is 18.2. The fourth-order valence-corrected chi connectivity index (χ4v) is 5.08. The van der Waals surface area contributed by atoms with Crippen molar-refractivity contribution < 1.29 is 4.79 Å². The molecule has 0 spiro atoms. The number of hydrogen-bond donors (Lipinski definition) is 2. The molecule has 2 aromatic carbocycles. The van der Waals surface area contributed by atoms with Crippen LogP contribution < -0.4 is 5.73 Å². The molecule has 4 nitrogen and oxygen atoms in total. The largest absolute Gasteiger partial charge is 0.399 e. The molecule has 0 amide bonds. The van der Waals surface area contributed by atoms with Gasteiger partial charge < -0.3 is 10.7 Å². The average molecular weight is 400 g/mol. The molecule has 0 unspecified atom stereocenters. The quantitative estimate of drug-likeness (QED) is 0.588. The van der Waals surface area contributed by atoms with Gasteiger partial charge in [0.1, 0.15) is 0 Å². The Morgan fingerprint density at radius 3 is 2.63 bits per heavy atom. The first kappa shape index (κ1) is 19.1. The minimum absolute atomic E-state index is 0.109. The van der Waals surface area contributed by atoms with Gasteiger partial charge in [0, 0.05) is 52.4 Å². The molecule has 0 fully saturated rings. The molecular formula is C26H29N3O. The molecule has 0 radical (unpaired) electrons. The van der Waals surface area contributed by atoms with Crippen molar-refractivity contribution >= 4 is 27.9 Å². The number of aromatic nitrogens is 1. The van der Waals surface area contributed by atoms with Gasteiger partial charge in [-0.3, -0.25) is 9.69 Å². The number of nitrogens with one attached hydrogen (secondary N) is 1. The number of nitrogens with zero attached hydrogens (tertiary/aromatic N) is 1. The van der Waals surface area contributed by atoms with E-state index < -0.39 is 0 Å². The Bertz CT molecular complexity index is 1210. The van der Waals surface area contributed by atoms with Gasteiger partial charge in [0.25, 0.3) is 0 Å². The topological polar surface area (TPSA) is 62.1 Å². The predicted octanol–water partition coefficient (Wildman–Crippen LogP) is 5.12. The van der Waals surface area contributed by atoms with Crippen molar-refractivity contribution in [2.75, 3.05) is 18.8 Å². The molecule has 1 aliphatic carbocycles. The zero-order valence-corrected chi connectivity index (χ0v) is 18.2. The van der Waals surface area contributed by atoms with Crippen LogP contribution in [0.5, 0.6) is 0 Å². The Labute approximate surface area is 177 Å². The molecule has 5 rings (SSSR count). The van der Waals surface area contributed by atoms with E-state index in [0.29, 0.717) is 11.7 Å². The number of anilines is 1. The van der Waals surface area contributed by atoms with Gasteiger partial charge in [-0.25, -0.2) is 0 Å². The number of nitrogens with two attached hydrogens (primary N) is 1. The lowest BCUT2D eigenvalue weighted by Gasteiger charge is -2.33. The maximum atomic E-state index is 13.7. The highest BCUT2D eigenvalue weighted by molar-refractivity contribution is 6.20. The predicted molar refractivity (Wildman–Crippen MR) is 124 cm³/mol. The van der Waals surface area contributed by atoms with Crippen molar-refractivity contribution in [1.29, 1.82) is 0 Å². The highest BCUT2D eigenvalue weighted by Crippen LogP contribution is 2.44. The smallest absolute Gasteiger partial charge is 0.195 e. The SMILES string of the molecule is CC(C)N1CC=C(c2ccc3c(c2)C(=O)c2c([nH]c4cc(N)ccc24)C3(C)C)CC1. The number of carbonyl (C=O) groups excluding carboxylic acids is 1. The van der Waals surface area contributed by atoms with E-state index in [1.54, 1.807) is 0 Å². The molecule has 30 heavy (non-hydrogen) atoms. The third kappa shape index (κ3) is 2.74. The summed E-state index contributed by atoms with van der Waals surface area (Å²) in [6.07, 6.45) is 3.34. The third-order valence-electron chi connectivity index (χ3n) is 6.95.